The molecule has 9 heavy (non-hydrogen) atoms. The number of nitrogens with zero attached hydrogens (tertiary/aromatic N) is 2. The zero-order chi connectivity index (χ0) is 6.10. The van der Waals surface area contributed by atoms with Crippen LogP contribution in [0.2, 0.25) is 0 Å². The van der Waals surface area contributed by atoms with E-state index in [2.05, 4.69) is 27.8 Å². The summed E-state index contributed by atoms with van der Waals surface area (Å²) in [4.78, 5) is 0. The zero-order valence-electron chi connectivity index (χ0n) is 4.38. The predicted octanol–water partition coefficient (Wildman–Crippen LogP) is 1.09. The maximum Gasteiger partial charge on any atom is 0.114 e. The lowest BCUT2D eigenvalue weighted by atomic mass is 10.3. The minimum absolute atomic E-state index is 0.777. The van der Waals surface area contributed by atoms with E-state index in [1.54, 1.807) is 6.07 Å². The highest BCUT2D eigenvalue weighted by molar-refractivity contribution is 7.12. The Labute approximate surface area is 56.3 Å². The summed E-state index contributed by atoms with van der Waals surface area (Å²) in [7, 11) is 0. The first-order chi connectivity index (χ1) is 4.47. The lowest BCUT2D eigenvalue weighted by Gasteiger charge is -1.76. The first-order valence-electron chi connectivity index (χ1n) is 2.39. The molecule has 0 unspecified atom stereocenters. The van der Waals surface area contributed by atoms with Crippen LogP contribution in [0, 0.1) is 18.2 Å². The Kier molecular flexibility index (Phi) is 0.960. The van der Waals surface area contributed by atoms with Crippen molar-refractivity contribution in [1.29, 1.82) is 0 Å². The largest absolute Gasteiger partial charge is 0.137 e. The topological polar surface area (TPSA) is 25.8 Å². The smallest absolute Gasteiger partial charge is 0.114 e. The summed E-state index contributed by atoms with van der Waals surface area (Å²) in [6.07, 6.45) is 0. The summed E-state index contributed by atoms with van der Waals surface area (Å²) in [5, 5.41) is 3.78. The van der Waals surface area contributed by atoms with Crippen LogP contribution in [0.25, 0.3) is 10.2 Å². The fourth-order valence-electron chi connectivity index (χ4n) is 0.576. The molecule has 0 aliphatic heterocycles. The quantitative estimate of drug-likeness (QED) is 0.537. The third-order valence-corrected chi connectivity index (χ3v) is 1.64. The lowest BCUT2D eigenvalue weighted by molar-refractivity contribution is 1.20. The van der Waals surface area contributed by atoms with Crippen molar-refractivity contribution in [2.75, 3.05) is 0 Å². The molecule has 0 N–H and O–H groups in total. The minimum atomic E-state index is 0.777. The van der Waals surface area contributed by atoms with Crippen LogP contribution in [-0.2, 0) is 0 Å². The Bertz CT molecular complexity index is 285. The van der Waals surface area contributed by atoms with Gasteiger partial charge in [0.1, 0.15) is 5.52 Å². The second-order valence-electron chi connectivity index (χ2n) is 1.52. The second-order valence-corrected chi connectivity index (χ2v) is 2.31. The van der Waals surface area contributed by atoms with Crippen molar-refractivity contribution in [3.63, 3.8) is 0 Å². The van der Waals surface area contributed by atoms with Gasteiger partial charge in [-0.1, -0.05) is 4.49 Å². The first kappa shape index (κ1) is 4.88. The normalized spacial score (nSPS) is 10.2. The molecule has 1 aromatic carbocycles. The van der Waals surface area contributed by atoms with E-state index in [0.717, 1.165) is 10.2 Å². The summed E-state index contributed by atoms with van der Waals surface area (Å²) in [6.45, 7) is 0. The Hall–Kier alpha value is -0.960. The number of hydrogen-bond acceptors (Lipinski definition) is 3. The molecule has 0 bridgehead atoms. The average Bonchev–Trinajstić information content (AvgIpc) is 2.33. The van der Waals surface area contributed by atoms with Crippen molar-refractivity contribution in [3.8, 4) is 0 Å². The van der Waals surface area contributed by atoms with Gasteiger partial charge < -0.3 is 0 Å². The maximum absolute atomic E-state index is 3.78. The molecule has 0 saturated carbocycles. The van der Waals surface area contributed by atoms with Gasteiger partial charge in [0.05, 0.1) is 4.70 Å². The van der Waals surface area contributed by atoms with Crippen molar-refractivity contribution < 1.29 is 0 Å². The molecule has 0 spiro atoms. The van der Waals surface area contributed by atoms with Crippen molar-refractivity contribution >= 4 is 21.7 Å². The molecule has 2 aromatic rings. The van der Waals surface area contributed by atoms with Crippen LogP contribution < -0.4 is 0 Å². The molecule has 3 radical (unpaired) electrons. The second kappa shape index (κ2) is 1.77. The monoisotopic (exact) mass is 133 g/mol. The SMILES string of the molecule is [c]1[c]cc2snnc2[c]1. The fourth-order valence-corrected chi connectivity index (χ4v) is 1.08. The summed E-state index contributed by atoms with van der Waals surface area (Å²) < 4.78 is 4.73. The molecule has 3 heteroatoms. The highest BCUT2D eigenvalue weighted by Gasteiger charge is 1.92. The fraction of sp³-hybridized carbons (Fsp3) is 0. The molecule has 41 valence electrons. The number of fused-ring (bicyclic) bond motifs is 1. The average molecular weight is 133 g/mol. The number of hydrogen-bond donors (Lipinski definition) is 0. The van der Waals surface area contributed by atoms with E-state index in [0.29, 0.717) is 0 Å². The highest BCUT2D eigenvalue weighted by Crippen LogP contribution is 2.11. The van der Waals surface area contributed by atoms with Crippen LogP contribution >= 0.6 is 11.5 Å². The lowest BCUT2D eigenvalue weighted by Crippen LogP contribution is -1.65. The summed E-state index contributed by atoms with van der Waals surface area (Å²) in [5.74, 6) is 0. The van der Waals surface area contributed by atoms with Gasteiger partial charge in [-0.05, 0) is 23.7 Å². The molecule has 0 saturated heterocycles. The molecule has 2 rings (SSSR count). The van der Waals surface area contributed by atoms with Crippen molar-refractivity contribution in [1.82, 2.24) is 9.59 Å². The Morgan fingerprint density at radius 2 is 2.56 bits per heavy atom. The Morgan fingerprint density at radius 3 is 3.44 bits per heavy atom. The summed E-state index contributed by atoms with van der Waals surface area (Å²) in [6, 6.07) is 10.0. The zero-order valence-corrected chi connectivity index (χ0v) is 5.20. The molecule has 1 heterocycles. The summed E-state index contributed by atoms with van der Waals surface area (Å²) >= 11 is 1.34. The molecular formula is C6HN2S. The molecule has 0 aliphatic carbocycles. The van der Waals surface area contributed by atoms with Gasteiger partial charge in [0.2, 0.25) is 0 Å². The van der Waals surface area contributed by atoms with Gasteiger partial charge in [-0.2, -0.15) is 0 Å². The highest BCUT2D eigenvalue weighted by atomic mass is 32.1. The third kappa shape index (κ3) is 0.695. The van der Waals surface area contributed by atoms with Gasteiger partial charge in [-0.15, -0.1) is 5.10 Å². The van der Waals surface area contributed by atoms with E-state index in [9.17, 15) is 0 Å². The van der Waals surface area contributed by atoms with Gasteiger partial charge in [0.15, 0.2) is 0 Å². The van der Waals surface area contributed by atoms with Crippen LogP contribution in [-0.4, -0.2) is 9.59 Å². The van der Waals surface area contributed by atoms with E-state index in [-0.39, 0.29) is 0 Å². The van der Waals surface area contributed by atoms with Gasteiger partial charge in [0, 0.05) is 12.1 Å². The van der Waals surface area contributed by atoms with E-state index in [4.69, 9.17) is 0 Å². The molecule has 0 amide bonds. The first-order valence-corrected chi connectivity index (χ1v) is 3.16. The van der Waals surface area contributed by atoms with Crippen LogP contribution in [0.4, 0.5) is 0 Å². The van der Waals surface area contributed by atoms with E-state index >= 15 is 0 Å². The van der Waals surface area contributed by atoms with Gasteiger partial charge in [-0.25, -0.2) is 0 Å². The standard InChI is InChI=1S/C6HN2S/c1-2-4-6-5(3-1)7-8-9-6/h4H. The van der Waals surface area contributed by atoms with Crippen LogP contribution in [0.1, 0.15) is 0 Å². The van der Waals surface area contributed by atoms with Crippen LogP contribution in [0.3, 0.4) is 0 Å². The van der Waals surface area contributed by atoms with E-state index in [1.807, 2.05) is 0 Å². The molecular weight excluding hydrogens is 132 g/mol. The van der Waals surface area contributed by atoms with Gasteiger partial charge >= 0.3 is 0 Å². The van der Waals surface area contributed by atoms with Gasteiger partial charge in [-0.3, -0.25) is 0 Å². The van der Waals surface area contributed by atoms with E-state index in [1.165, 1.54) is 11.5 Å². The Morgan fingerprint density at radius 1 is 1.56 bits per heavy atom. The van der Waals surface area contributed by atoms with Crippen molar-refractivity contribution in [2.45, 2.75) is 0 Å². The molecule has 0 fully saturated rings. The van der Waals surface area contributed by atoms with Crippen LogP contribution in [0.5, 0.6) is 0 Å². The molecule has 0 atom stereocenters. The van der Waals surface area contributed by atoms with Crippen molar-refractivity contribution in [3.05, 3.63) is 24.3 Å². The number of aromatic nitrogens is 2. The number of benzene rings is 1. The Balaban J connectivity index is 2.95. The molecule has 0 aliphatic rings. The molecule has 2 nitrogen and oxygen atoms in total. The molecule has 1 aromatic heterocycles. The van der Waals surface area contributed by atoms with Gasteiger partial charge in [0.25, 0.3) is 0 Å². The van der Waals surface area contributed by atoms with E-state index < -0.39 is 0 Å². The van der Waals surface area contributed by atoms with Crippen molar-refractivity contribution in [2.24, 2.45) is 0 Å². The number of rotatable bonds is 0. The minimum Gasteiger partial charge on any atom is -0.137 e. The summed E-state index contributed by atoms with van der Waals surface area (Å²) in [5.41, 5.74) is 0.777. The predicted molar refractivity (Wildman–Crippen MR) is 33.9 cm³/mol. The maximum atomic E-state index is 3.78. The third-order valence-electron chi connectivity index (χ3n) is 0.970. The van der Waals surface area contributed by atoms with Crippen LogP contribution in [0.15, 0.2) is 6.07 Å².